The lowest BCUT2D eigenvalue weighted by Crippen LogP contribution is -2.09. The predicted molar refractivity (Wildman–Crippen MR) is 243 cm³/mol. The third-order valence-electron chi connectivity index (χ3n) is 10.1. The van der Waals surface area contributed by atoms with Gasteiger partial charge in [-0.25, -0.2) is 0 Å². The molecule has 2 nitrogen and oxygen atoms in total. The van der Waals surface area contributed by atoms with E-state index in [0.717, 1.165) is 34.1 Å². The Morgan fingerprint density at radius 3 is 0.719 bits per heavy atom. The van der Waals surface area contributed by atoms with E-state index < -0.39 is 0 Å². The molecule has 3 heteroatoms. The molecule has 0 aliphatic heterocycles. The summed E-state index contributed by atoms with van der Waals surface area (Å²) in [4.78, 5) is 7.02. The molecular weight excluding hydrogens is 709 g/mol. The Balaban J connectivity index is 0.907. The van der Waals surface area contributed by atoms with Crippen molar-refractivity contribution < 1.29 is 0 Å². The molecule has 0 amide bonds. The Kier molecular flexibility index (Phi) is 10.5. The van der Waals surface area contributed by atoms with Crippen LogP contribution in [0.15, 0.2) is 252 Å². The fourth-order valence-corrected chi connectivity index (χ4v) is 8.05. The van der Waals surface area contributed by atoms with E-state index in [1.54, 1.807) is 11.8 Å². The number of para-hydroxylation sites is 2. The van der Waals surface area contributed by atoms with Crippen molar-refractivity contribution in [1.29, 1.82) is 0 Å². The number of rotatable bonds is 11. The molecule has 0 spiro atoms. The van der Waals surface area contributed by atoms with Crippen LogP contribution in [0.3, 0.4) is 0 Å². The standard InChI is InChI=1S/C54H40N2S/c1-5-13-41(14-6-1)43-21-29-49(30-22-43)55(47-17-9-3-10-18-47)50-33-25-45(26-34-50)46-27-37-53(38-28-46)57-54-39-35-52(36-40-54)56(48-19-11-4-12-20-48)51-31-23-44(24-32-51)42-15-7-2-8-16-42/h1-40H. The molecule has 0 heterocycles. The van der Waals surface area contributed by atoms with Gasteiger partial charge in [0.25, 0.3) is 0 Å². The van der Waals surface area contributed by atoms with Gasteiger partial charge < -0.3 is 9.80 Å². The zero-order valence-electron chi connectivity index (χ0n) is 31.4. The first kappa shape index (κ1) is 35.6. The molecule has 0 aliphatic carbocycles. The van der Waals surface area contributed by atoms with Gasteiger partial charge in [0.15, 0.2) is 0 Å². The molecule has 0 radical (unpaired) electrons. The van der Waals surface area contributed by atoms with Crippen molar-refractivity contribution in [2.45, 2.75) is 9.79 Å². The molecular formula is C54H40N2S. The van der Waals surface area contributed by atoms with Gasteiger partial charge in [-0.2, -0.15) is 0 Å². The highest BCUT2D eigenvalue weighted by Crippen LogP contribution is 2.39. The van der Waals surface area contributed by atoms with E-state index in [1.807, 2.05) is 0 Å². The summed E-state index contributed by atoms with van der Waals surface area (Å²) in [5, 5.41) is 0. The Morgan fingerprint density at radius 2 is 0.404 bits per heavy atom. The summed E-state index contributed by atoms with van der Waals surface area (Å²) in [5.74, 6) is 0. The van der Waals surface area contributed by atoms with Gasteiger partial charge in [0, 0.05) is 43.9 Å². The molecule has 0 saturated heterocycles. The second-order valence-corrected chi connectivity index (χ2v) is 15.0. The third kappa shape index (κ3) is 8.16. The minimum Gasteiger partial charge on any atom is -0.311 e. The normalized spacial score (nSPS) is 10.9. The highest BCUT2D eigenvalue weighted by atomic mass is 32.2. The molecule has 0 fully saturated rings. The van der Waals surface area contributed by atoms with Crippen LogP contribution in [0.25, 0.3) is 33.4 Å². The molecule has 9 aromatic carbocycles. The fraction of sp³-hybridized carbons (Fsp3) is 0. The maximum absolute atomic E-state index is 2.31. The Hall–Kier alpha value is -7.07. The van der Waals surface area contributed by atoms with Crippen LogP contribution in [0.4, 0.5) is 34.1 Å². The minimum atomic E-state index is 1.11. The average Bonchev–Trinajstić information content (AvgIpc) is 3.29. The van der Waals surface area contributed by atoms with Crippen LogP contribution >= 0.6 is 11.8 Å². The molecule has 0 unspecified atom stereocenters. The first-order valence-corrected chi connectivity index (χ1v) is 20.1. The highest BCUT2D eigenvalue weighted by molar-refractivity contribution is 7.99. The quantitative estimate of drug-likeness (QED) is 0.130. The largest absolute Gasteiger partial charge is 0.311 e. The van der Waals surface area contributed by atoms with Crippen LogP contribution in [0.2, 0.25) is 0 Å². The summed E-state index contributed by atoms with van der Waals surface area (Å²) in [6.45, 7) is 0. The highest BCUT2D eigenvalue weighted by Gasteiger charge is 2.15. The molecule has 9 aromatic rings. The maximum atomic E-state index is 2.31. The van der Waals surface area contributed by atoms with Crippen molar-refractivity contribution in [3.05, 3.63) is 243 Å². The lowest BCUT2D eigenvalue weighted by Gasteiger charge is -2.26. The number of hydrogen-bond acceptors (Lipinski definition) is 3. The van der Waals surface area contributed by atoms with Gasteiger partial charge in [0.05, 0.1) is 0 Å². The van der Waals surface area contributed by atoms with Gasteiger partial charge in [-0.05, 0) is 130 Å². The van der Waals surface area contributed by atoms with Crippen molar-refractivity contribution in [3.63, 3.8) is 0 Å². The molecule has 57 heavy (non-hydrogen) atoms. The fourth-order valence-electron chi connectivity index (χ4n) is 7.23. The Labute approximate surface area is 340 Å². The first-order chi connectivity index (χ1) is 28.2. The van der Waals surface area contributed by atoms with E-state index in [4.69, 9.17) is 0 Å². The number of benzene rings is 9. The van der Waals surface area contributed by atoms with Crippen molar-refractivity contribution in [2.75, 3.05) is 9.80 Å². The Morgan fingerprint density at radius 1 is 0.193 bits per heavy atom. The summed E-state index contributed by atoms with van der Waals surface area (Å²) in [7, 11) is 0. The van der Waals surface area contributed by atoms with E-state index in [9.17, 15) is 0 Å². The van der Waals surface area contributed by atoms with Gasteiger partial charge in [-0.3, -0.25) is 0 Å². The van der Waals surface area contributed by atoms with E-state index in [2.05, 4.69) is 252 Å². The van der Waals surface area contributed by atoms with Gasteiger partial charge >= 0.3 is 0 Å². The van der Waals surface area contributed by atoms with E-state index in [0.29, 0.717) is 0 Å². The van der Waals surface area contributed by atoms with Gasteiger partial charge in [0.2, 0.25) is 0 Å². The first-order valence-electron chi connectivity index (χ1n) is 19.2. The summed E-state index contributed by atoms with van der Waals surface area (Å²) >= 11 is 1.78. The Bertz CT molecular complexity index is 2630. The predicted octanol–water partition coefficient (Wildman–Crippen LogP) is 15.8. The summed E-state index contributed by atoms with van der Waals surface area (Å²) in [6.07, 6.45) is 0. The second-order valence-electron chi connectivity index (χ2n) is 13.8. The SMILES string of the molecule is c1ccc(-c2ccc(N(c3ccccc3)c3ccc(Sc4ccc(-c5ccc(N(c6ccccc6)c6ccc(-c7ccccc7)cc6)cc5)cc4)cc3)cc2)cc1. The van der Waals surface area contributed by atoms with Crippen molar-refractivity contribution in [2.24, 2.45) is 0 Å². The number of nitrogens with zero attached hydrogens (tertiary/aromatic N) is 2. The van der Waals surface area contributed by atoms with E-state index in [1.165, 1.54) is 43.2 Å². The molecule has 0 bridgehead atoms. The molecule has 9 rings (SSSR count). The van der Waals surface area contributed by atoms with Crippen molar-refractivity contribution in [1.82, 2.24) is 0 Å². The van der Waals surface area contributed by atoms with Crippen molar-refractivity contribution >= 4 is 45.9 Å². The molecule has 0 N–H and O–H groups in total. The van der Waals surface area contributed by atoms with Crippen LogP contribution in [-0.2, 0) is 0 Å². The number of anilines is 6. The van der Waals surface area contributed by atoms with Crippen LogP contribution in [0.5, 0.6) is 0 Å². The van der Waals surface area contributed by atoms with E-state index >= 15 is 0 Å². The van der Waals surface area contributed by atoms with Gasteiger partial charge in [-0.15, -0.1) is 0 Å². The summed E-state index contributed by atoms with van der Waals surface area (Å²) in [6, 6.07) is 86.4. The molecule has 0 aromatic heterocycles. The van der Waals surface area contributed by atoms with Crippen LogP contribution in [-0.4, -0.2) is 0 Å². The van der Waals surface area contributed by atoms with Gasteiger partial charge in [-0.1, -0.05) is 157 Å². The van der Waals surface area contributed by atoms with E-state index in [-0.39, 0.29) is 0 Å². The number of hydrogen-bond donors (Lipinski definition) is 0. The monoisotopic (exact) mass is 748 g/mol. The molecule has 0 aliphatic rings. The molecule has 272 valence electrons. The van der Waals surface area contributed by atoms with Crippen LogP contribution < -0.4 is 9.80 Å². The molecule has 0 atom stereocenters. The lowest BCUT2D eigenvalue weighted by atomic mass is 10.0. The van der Waals surface area contributed by atoms with Crippen LogP contribution in [0.1, 0.15) is 0 Å². The minimum absolute atomic E-state index is 1.11. The van der Waals surface area contributed by atoms with Crippen molar-refractivity contribution in [3.8, 4) is 33.4 Å². The third-order valence-corrected chi connectivity index (χ3v) is 11.2. The maximum Gasteiger partial charge on any atom is 0.0462 e. The lowest BCUT2D eigenvalue weighted by molar-refractivity contribution is 1.27. The average molecular weight is 749 g/mol. The second kappa shape index (κ2) is 16.7. The summed E-state index contributed by atoms with van der Waals surface area (Å²) < 4.78 is 0. The zero-order chi connectivity index (χ0) is 38.2. The van der Waals surface area contributed by atoms with Gasteiger partial charge in [0.1, 0.15) is 0 Å². The zero-order valence-corrected chi connectivity index (χ0v) is 32.2. The topological polar surface area (TPSA) is 6.48 Å². The summed E-state index contributed by atoms with van der Waals surface area (Å²) in [5.41, 5.74) is 13.9. The smallest absolute Gasteiger partial charge is 0.0462 e. The molecule has 0 saturated carbocycles. The van der Waals surface area contributed by atoms with Crippen LogP contribution in [0, 0.1) is 0 Å².